The minimum Gasteiger partial charge on any atom is -0.305 e. The first-order chi connectivity index (χ1) is 9.17. The zero-order valence-corrected chi connectivity index (χ0v) is 13.3. The first kappa shape index (κ1) is 13.0. The fraction of sp³-hybridized carbons (Fsp3) is 0.250. The van der Waals surface area contributed by atoms with Crippen molar-refractivity contribution in [3.05, 3.63) is 38.6 Å². The van der Waals surface area contributed by atoms with Gasteiger partial charge in [0, 0.05) is 21.7 Å². The molecule has 19 heavy (non-hydrogen) atoms. The van der Waals surface area contributed by atoms with Gasteiger partial charge in [0.2, 0.25) is 0 Å². The molecule has 98 valence electrons. The number of halogens is 2. The molecule has 3 heterocycles. The highest BCUT2D eigenvalue weighted by Gasteiger charge is 2.13. The van der Waals surface area contributed by atoms with Gasteiger partial charge in [0.25, 0.3) is 0 Å². The number of aryl methyl sites for hydroxylation is 1. The molecule has 0 aliphatic heterocycles. The lowest BCUT2D eigenvalue weighted by molar-refractivity contribution is 0.763. The van der Waals surface area contributed by atoms with Crippen molar-refractivity contribution in [2.45, 2.75) is 19.3 Å². The molecule has 0 spiro atoms. The molecule has 0 saturated heterocycles. The van der Waals surface area contributed by atoms with E-state index in [1.807, 2.05) is 22.9 Å². The molecule has 0 N–H and O–H groups in total. The number of imidazole rings is 1. The number of rotatable bonds is 3. The van der Waals surface area contributed by atoms with E-state index >= 15 is 0 Å². The van der Waals surface area contributed by atoms with Crippen LogP contribution in [0.15, 0.2) is 22.1 Å². The van der Waals surface area contributed by atoms with Crippen LogP contribution in [0.2, 0.25) is 0 Å². The molecule has 0 aromatic carbocycles. The highest BCUT2D eigenvalue weighted by Crippen LogP contribution is 2.21. The molecule has 0 aliphatic carbocycles. The molecule has 0 unspecified atom stereocenters. The van der Waals surface area contributed by atoms with E-state index in [1.54, 1.807) is 17.5 Å². The summed E-state index contributed by atoms with van der Waals surface area (Å²) in [5.41, 5.74) is 2.72. The van der Waals surface area contributed by atoms with Crippen molar-refractivity contribution in [3.8, 4) is 0 Å². The van der Waals surface area contributed by atoms with Gasteiger partial charge < -0.3 is 4.57 Å². The molecule has 7 heteroatoms. The van der Waals surface area contributed by atoms with E-state index in [0.717, 1.165) is 32.2 Å². The molecule has 0 atom stereocenters. The van der Waals surface area contributed by atoms with Crippen LogP contribution in [0.25, 0.3) is 11.2 Å². The van der Waals surface area contributed by atoms with E-state index in [9.17, 15) is 0 Å². The number of fused-ring (bicyclic) bond motifs is 1. The van der Waals surface area contributed by atoms with E-state index in [0.29, 0.717) is 12.4 Å². The van der Waals surface area contributed by atoms with Gasteiger partial charge in [-0.15, -0.1) is 22.9 Å². The topological polar surface area (TPSA) is 43.6 Å². The van der Waals surface area contributed by atoms with Crippen molar-refractivity contribution < 1.29 is 0 Å². The predicted octanol–water partition coefficient (Wildman–Crippen LogP) is 3.75. The fourth-order valence-electron chi connectivity index (χ4n) is 1.91. The monoisotopic (exact) mass is 356 g/mol. The number of aromatic nitrogens is 4. The van der Waals surface area contributed by atoms with Gasteiger partial charge in [0.05, 0.1) is 12.4 Å². The molecule has 0 aliphatic rings. The highest BCUT2D eigenvalue weighted by atomic mass is 79.9. The predicted molar refractivity (Wildman–Crippen MR) is 80.7 cm³/mol. The van der Waals surface area contributed by atoms with Gasteiger partial charge >= 0.3 is 0 Å². The average molecular weight is 358 g/mol. The minimum absolute atomic E-state index is 0.359. The molecule has 0 bridgehead atoms. The van der Waals surface area contributed by atoms with Crippen molar-refractivity contribution in [2.24, 2.45) is 0 Å². The van der Waals surface area contributed by atoms with Crippen molar-refractivity contribution in [1.29, 1.82) is 0 Å². The van der Waals surface area contributed by atoms with Crippen LogP contribution in [0.3, 0.4) is 0 Å². The summed E-state index contributed by atoms with van der Waals surface area (Å²) in [6.07, 6.45) is 1.77. The summed E-state index contributed by atoms with van der Waals surface area (Å²) >= 11 is 11.0. The van der Waals surface area contributed by atoms with Crippen molar-refractivity contribution in [2.75, 3.05) is 0 Å². The first-order valence-electron chi connectivity index (χ1n) is 5.65. The number of thiazole rings is 1. The molecule has 3 aromatic rings. The maximum absolute atomic E-state index is 5.97. The molecule has 3 rings (SSSR count). The fourth-order valence-corrected chi connectivity index (χ4v) is 3.19. The van der Waals surface area contributed by atoms with Crippen LogP contribution in [0.5, 0.6) is 0 Å². The molecule has 0 fully saturated rings. The molecule has 0 radical (unpaired) electrons. The molecule has 3 aromatic heterocycles. The second kappa shape index (κ2) is 5.19. The Balaban J connectivity index is 2.10. The van der Waals surface area contributed by atoms with Crippen molar-refractivity contribution in [1.82, 2.24) is 19.5 Å². The first-order valence-corrected chi connectivity index (χ1v) is 7.85. The Morgan fingerprint density at radius 3 is 2.95 bits per heavy atom. The van der Waals surface area contributed by atoms with Gasteiger partial charge in [-0.2, -0.15) is 0 Å². The normalized spacial score (nSPS) is 11.3. The highest BCUT2D eigenvalue weighted by molar-refractivity contribution is 9.10. The molecular weight excluding hydrogens is 348 g/mol. The summed E-state index contributed by atoms with van der Waals surface area (Å²) in [4.78, 5) is 13.4. The summed E-state index contributed by atoms with van der Waals surface area (Å²) < 4.78 is 2.93. The Morgan fingerprint density at radius 2 is 2.26 bits per heavy atom. The van der Waals surface area contributed by atoms with E-state index in [1.165, 1.54) is 0 Å². The quantitative estimate of drug-likeness (QED) is 0.671. The lowest BCUT2D eigenvalue weighted by Crippen LogP contribution is -2.04. The minimum atomic E-state index is 0.359. The SMILES string of the molecule is Cc1csc(Cn2c(CCl)nc3cc(Br)cnc32)n1. The van der Waals surface area contributed by atoms with Crippen LogP contribution in [0.1, 0.15) is 16.5 Å². The number of hydrogen-bond donors (Lipinski definition) is 0. The van der Waals surface area contributed by atoms with E-state index in [2.05, 4.69) is 30.9 Å². The van der Waals surface area contributed by atoms with Gasteiger partial charge in [0.15, 0.2) is 5.65 Å². The number of pyridine rings is 1. The van der Waals surface area contributed by atoms with Gasteiger partial charge in [-0.05, 0) is 28.9 Å². The second-order valence-electron chi connectivity index (χ2n) is 4.13. The van der Waals surface area contributed by atoms with Crippen molar-refractivity contribution in [3.63, 3.8) is 0 Å². The van der Waals surface area contributed by atoms with Crippen LogP contribution in [-0.2, 0) is 12.4 Å². The Morgan fingerprint density at radius 1 is 1.42 bits per heavy atom. The Labute approximate surface area is 127 Å². The van der Waals surface area contributed by atoms with Crippen LogP contribution in [0, 0.1) is 6.92 Å². The Kier molecular flexibility index (Phi) is 3.56. The van der Waals surface area contributed by atoms with Crippen LogP contribution >= 0.6 is 38.9 Å². The Bertz CT molecular complexity index is 736. The lowest BCUT2D eigenvalue weighted by atomic mass is 10.4. The number of nitrogens with zero attached hydrogens (tertiary/aromatic N) is 4. The summed E-state index contributed by atoms with van der Waals surface area (Å²) in [5.74, 6) is 1.17. The summed E-state index contributed by atoms with van der Waals surface area (Å²) in [7, 11) is 0. The third-order valence-corrected chi connectivity index (χ3v) is 4.33. The number of alkyl halides is 1. The van der Waals surface area contributed by atoms with Crippen LogP contribution in [-0.4, -0.2) is 19.5 Å². The smallest absolute Gasteiger partial charge is 0.160 e. The van der Waals surface area contributed by atoms with E-state index < -0.39 is 0 Å². The summed E-state index contributed by atoms with van der Waals surface area (Å²) in [6.45, 7) is 2.65. The van der Waals surface area contributed by atoms with Crippen molar-refractivity contribution >= 4 is 50.0 Å². The molecule has 4 nitrogen and oxygen atoms in total. The van der Waals surface area contributed by atoms with E-state index in [-0.39, 0.29) is 0 Å². The average Bonchev–Trinajstić information content (AvgIpc) is 2.94. The molecular formula is C12H10BrClN4S. The number of hydrogen-bond acceptors (Lipinski definition) is 4. The maximum Gasteiger partial charge on any atom is 0.160 e. The standard InChI is InChI=1S/C12H10BrClN4S/c1-7-6-19-11(16-7)5-18-10(3-14)17-9-2-8(13)4-15-12(9)18/h2,4,6H,3,5H2,1H3. The van der Waals surface area contributed by atoms with E-state index in [4.69, 9.17) is 11.6 Å². The van der Waals surface area contributed by atoms with Gasteiger partial charge in [0.1, 0.15) is 16.3 Å². The third kappa shape index (κ3) is 2.52. The Hall–Kier alpha value is -0.980. The largest absolute Gasteiger partial charge is 0.305 e. The third-order valence-electron chi connectivity index (χ3n) is 2.71. The second-order valence-corrected chi connectivity index (χ2v) is 6.25. The van der Waals surface area contributed by atoms with Gasteiger partial charge in [-0.1, -0.05) is 0 Å². The molecule has 0 saturated carbocycles. The van der Waals surface area contributed by atoms with Crippen LogP contribution < -0.4 is 0 Å². The van der Waals surface area contributed by atoms with Gasteiger partial charge in [-0.25, -0.2) is 15.0 Å². The van der Waals surface area contributed by atoms with Gasteiger partial charge in [-0.3, -0.25) is 0 Å². The van der Waals surface area contributed by atoms with Crippen LogP contribution in [0.4, 0.5) is 0 Å². The zero-order chi connectivity index (χ0) is 13.4. The maximum atomic E-state index is 5.97. The zero-order valence-electron chi connectivity index (χ0n) is 10.1. The summed E-state index contributed by atoms with van der Waals surface area (Å²) in [6, 6.07) is 1.95. The summed E-state index contributed by atoms with van der Waals surface area (Å²) in [5, 5.41) is 3.08. The lowest BCUT2D eigenvalue weighted by Gasteiger charge is -2.04. The molecule has 0 amide bonds.